The van der Waals surface area contributed by atoms with Crippen molar-refractivity contribution in [2.45, 2.75) is 57.5 Å². The largest absolute Gasteiger partial charge is 0.354 e. The van der Waals surface area contributed by atoms with E-state index in [4.69, 9.17) is 0 Å². The molecular weight excluding hydrogens is 328 g/mol. The highest BCUT2D eigenvalue weighted by Gasteiger charge is 2.29. The number of carbonyl (C=O) groups excluding carboxylic acids is 1. The van der Waals surface area contributed by atoms with Crippen LogP contribution in [0, 0.1) is 0 Å². The van der Waals surface area contributed by atoms with Gasteiger partial charge in [-0.15, -0.1) is 0 Å². The Morgan fingerprint density at radius 1 is 1.43 bits per heavy atom. The van der Waals surface area contributed by atoms with E-state index in [-0.39, 0.29) is 11.9 Å². The Morgan fingerprint density at radius 2 is 2.19 bits per heavy atom. The predicted molar refractivity (Wildman–Crippen MR) is 90.4 cm³/mol. The monoisotopic (exact) mass is 352 g/mol. The number of amides is 1. The number of hydrogen-bond donors (Lipinski definition) is 2. The van der Waals surface area contributed by atoms with Gasteiger partial charge in [0.25, 0.3) is 0 Å². The Hall–Kier alpha value is -0.870. The third kappa shape index (κ3) is 5.11. The minimum Gasteiger partial charge on any atom is -0.354 e. The van der Waals surface area contributed by atoms with Gasteiger partial charge in [0.15, 0.2) is 0 Å². The summed E-state index contributed by atoms with van der Waals surface area (Å²) in [6.07, 6.45) is 3.89. The average molecular weight is 353 g/mol. The van der Waals surface area contributed by atoms with Crippen molar-refractivity contribution in [1.82, 2.24) is 10.6 Å². The molecule has 0 saturated heterocycles. The molecule has 1 aromatic carbocycles. The van der Waals surface area contributed by atoms with Gasteiger partial charge in [0.2, 0.25) is 5.91 Å². The van der Waals surface area contributed by atoms with Crippen LogP contribution < -0.4 is 10.6 Å². The van der Waals surface area contributed by atoms with Crippen LogP contribution in [0.3, 0.4) is 0 Å². The fraction of sp³-hybridized carbons (Fsp3) is 0.588. The molecule has 1 aromatic rings. The Bertz CT molecular complexity index is 472. The van der Waals surface area contributed by atoms with E-state index in [0.717, 1.165) is 17.4 Å². The second-order valence-corrected chi connectivity index (χ2v) is 6.92. The van der Waals surface area contributed by atoms with Crippen LogP contribution in [-0.4, -0.2) is 24.5 Å². The molecule has 1 aliphatic rings. The van der Waals surface area contributed by atoms with Gasteiger partial charge in [0.05, 0.1) is 0 Å². The van der Waals surface area contributed by atoms with E-state index in [0.29, 0.717) is 18.4 Å². The van der Waals surface area contributed by atoms with Crippen molar-refractivity contribution in [3.8, 4) is 0 Å². The number of nitrogens with one attached hydrogen (secondary N) is 2. The third-order valence-corrected chi connectivity index (χ3v) is 4.76. The zero-order valence-corrected chi connectivity index (χ0v) is 14.4. The molecule has 0 bridgehead atoms. The minimum atomic E-state index is 0.153. The first-order valence-corrected chi connectivity index (χ1v) is 8.66. The average Bonchev–Trinajstić information content (AvgIpc) is 2.41. The zero-order chi connectivity index (χ0) is 15.2. The normalized spacial score (nSPS) is 22.4. The molecule has 2 N–H and O–H groups in total. The molecule has 0 spiro atoms. The highest BCUT2D eigenvalue weighted by molar-refractivity contribution is 9.10. The van der Waals surface area contributed by atoms with E-state index >= 15 is 0 Å². The Kier molecular flexibility index (Phi) is 6.24. The Morgan fingerprint density at radius 3 is 2.86 bits per heavy atom. The fourth-order valence-electron chi connectivity index (χ4n) is 2.66. The smallest absolute Gasteiger partial charge is 0.221 e. The standard InChI is InChI=1S/C17H25BrN2O/c1-3-12(2)20-17(21)7-8-19-16-10-14(11-16)13-5-4-6-15(18)9-13/h4-6,9,12,14,16,19H,3,7-8,10-11H2,1-2H3,(H,20,21). The number of halogens is 1. The van der Waals surface area contributed by atoms with Crippen LogP contribution in [0.4, 0.5) is 0 Å². The summed E-state index contributed by atoms with van der Waals surface area (Å²) in [5, 5.41) is 6.48. The van der Waals surface area contributed by atoms with Crippen LogP contribution in [0.5, 0.6) is 0 Å². The summed E-state index contributed by atoms with van der Waals surface area (Å²) in [6, 6.07) is 9.41. The summed E-state index contributed by atoms with van der Waals surface area (Å²) in [4.78, 5) is 11.7. The molecule has 1 amide bonds. The van der Waals surface area contributed by atoms with Crippen LogP contribution >= 0.6 is 15.9 Å². The van der Waals surface area contributed by atoms with Gasteiger partial charge in [-0.1, -0.05) is 35.0 Å². The van der Waals surface area contributed by atoms with E-state index in [1.165, 1.54) is 18.4 Å². The SMILES string of the molecule is CCC(C)NC(=O)CCNC1CC(c2cccc(Br)c2)C1. The van der Waals surface area contributed by atoms with Crippen LogP contribution in [0.1, 0.15) is 51.0 Å². The number of hydrogen-bond acceptors (Lipinski definition) is 2. The van der Waals surface area contributed by atoms with Gasteiger partial charge in [0.1, 0.15) is 0 Å². The van der Waals surface area contributed by atoms with Crippen molar-refractivity contribution in [2.75, 3.05) is 6.54 Å². The third-order valence-electron chi connectivity index (χ3n) is 4.26. The summed E-state index contributed by atoms with van der Waals surface area (Å²) >= 11 is 3.52. The summed E-state index contributed by atoms with van der Waals surface area (Å²) in [5.74, 6) is 0.814. The molecule has 4 heteroatoms. The molecule has 2 rings (SSSR count). The van der Waals surface area contributed by atoms with Crippen molar-refractivity contribution in [3.05, 3.63) is 34.3 Å². The lowest BCUT2D eigenvalue weighted by Crippen LogP contribution is -2.42. The summed E-state index contributed by atoms with van der Waals surface area (Å²) < 4.78 is 1.15. The summed E-state index contributed by atoms with van der Waals surface area (Å²) in [5.41, 5.74) is 1.41. The van der Waals surface area contributed by atoms with E-state index in [1.807, 2.05) is 6.92 Å². The van der Waals surface area contributed by atoms with Gasteiger partial charge in [-0.3, -0.25) is 4.79 Å². The highest BCUT2D eigenvalue weighted by Crippen LogP contribution is 2.37. The topological polar surface area (TPSA) is 41.1 Å². The molecule has 1 atom stereocenters. The van der Waals surface area contributed by atoms with Gasteiger partial charge in [0, 0.05) is 29.5 Å². The van der Waals surface area contributed by atoms with Crippen LogP contribution in [0.15, 0.2) is 28.7 Å². The van der Waals surface area contributed by atoms with Crippen molar-refractivity contribution in [3.63, 3.8) is 0 Å². The molecule has 0 aliphatic heterocycles. The molecule has 1 fully saturated rings. The number of rotatable bonds is 7. The van der Waals surface area contributed by atoms with Gasteiger partial charge >= 0.3 is 0 Å². The van der Waals surface area contributed by atoms with Crippen LogP contribution in [0.2, 0.25) is 0 Å². The molecule has 21 heavy (non-hydrogen) atoms. The maximum atomic E-state index is 11.7. The number of carbonyl (C=O) groups is 1. The molecule has 0 aromatic heterocycles. The first-order valence-electron chi connectivity index (χ1n) is 7.86. The predicted octanol–water partition coefficient (Wildman–Crippen LogP) is 3.59. The quantitative estimate of drug-likeness (QED) is 0.787. The van der Waals surface area contributed by atoms with Crippen molar-refractivity contribution < 1.29 is 4.79 Å². The lowest BCUT2D eigenvalue weighted by Gasteiger charge is -2.36. The summed E-state index contributed by atoms with van der Waals surface area (Å²) in [6.45, 7) is 4.90. The molecule has 1 unspecified atom stereocenters. The molecular formula is C17H25BrN2O. The van der Waals surface area contributed by atoms with E-state index in [9.17, 15) is 4.79 Å². The fourth-order valence-corrected chi connectivity index (χ4v) is 3.07. The molecule has 1 saturated carbocycles. The van der Waals surface area contributed by atoms with Gasteiger partial charge in [-0.05, 0) is 49.8 Å². The van der Waals surface area contributed by atoms with Gasteiger partial charge in [-0.2, -0.15) is 0 Å². The van der Waals surface area contributed by atoms with Crippen molar-refractivity contribution in [1.29, 1.82) is 0 Å². The maximum Gasteiger partial charge on any atom is 0.221 e. The van der Waals surface area contributed by atoms with Crippen molar-refractivity contribution >= 4 is 21.8 Å². The van der Waals surface area contributed by atoms with Crippen LogP contribution in [0.25, 0.3) is 0 Å². The van der Waals surface area contributed by atoms with Gasteiger partial charge in [-0.25, -0.2) is 0 Å². The minimum absolute atomic E-state index is 0.153. The van der Waals surface area contributed by atoms with E-state index in [1.54, 1.807) is 0 Å². The molecule has 0 radical (unpaired) electrons. The maximum absolute atomic E-state index is 11.7. The lowest BCUT2D eigenvalue weighted by molar-refractivity contribution is -0.121. The number of benzene rings is 1. The Labute approximate surface area is 136 Å². The lowest BCUT2D eigenvalue weighted by atomic mass is 9.76. The molecule has 116 valence electrons. The molecule has 0 heterocycles. The van der Waals surface area contributed by atoms with Crippen LogP contribution in [-0.2, 0) is 4.79 Å². The molecule has 1 aliphatic carbocycles. The second kappa shape index (κ2) is 7.95. The second-order valence-electron chi connectivity index (χ2n) is 6.00. The first-order chi connectivity index (χ1) is 10.1. The van der Waals surface area contributed by atoms with Gasteiger partial charge < -0.3 is 10.6 Å². The van der Waals surface area contributed by atoms with E-state index in [2.05, 4.69) is 57.8 Å². The molecule has 3 nitrogen and oxygen atoms in total. The highest BCUT2D eigenvalue weighted by atomic mass is 79.9. The van der Waals surface area contributed by atoms with Crippen molar-refractivity contribution in [2.24, 2.45) is 0 Å². The Balaban J connectivity index is 1.62. The first kappa shape index (κ1) is 16.5. The summed E-state index contributed by atoms with van der Waals surface area (Å²) in [7, 11) is 0. The zero-order valence-electron chi connectivity index (χ0n) is 12.9. The van der Waals surface area contributed by atoms with E-state index < -0.39 is 0 Å².